The number of halogens is 3. The molecule has 0 aliphatic heterocycles. The second-order valence-electron chi connectivity index (χ2n) is 4.11. The molecule has 114 valence electrons. The minimum Gasteiger partial charge on any atom is -0.466 e. The average molecular weight is 317 g/mol. The molecule has 0 bridgehead atoms. The van der Waals surface area contributed by atoms with Gasteiger partial charge in [0, 0.05) is 4.90 Å². The maximum atomic E-state index is 12.6. The quantitative estimate of drug-likeness (QED) is 0.611. The molecule has 0 N–H and O–H groups in total. The number of nitrogens with zero attached hydrogens (tertiary/aromatic N) is 1. The topological polar surface area (TPSA) is 50.1 Å². The highest BCUT2D eigenvalue weighted by molar-refractivity contribution is 8.00. The molecular weight excluding hydrogens is 303 g/mol. The van der Waals surface area contributed by atoms with Gasteiger partial charge in [-0.3, -0.25) is 4.79 Å². The second kappa shape index (κ2) is 7.36. The Morgan fingerprint density at radius 3 is 2.48 bits per heavy atom. The highest BCUT2D eigenvalue weighted by Crippen LogP contribution is 2.39. The van der Waals surface area contributed by atoms with Crippen LogP contribution in [-0.2, 0) is 22.4 Å². The number of benzene rings is 1. The third-order valence-electron chi connectivity index (χ3n) is 2.65. The van der Waals surface area contributed by atoms with Gasteiger partial charge in [-0.15, -0.1) is 0 Å². The summed E-state index contributed by atoms with van der Waals surface area (Å²) in [7, 11) is 0. The van der Waals surface area contributed by atoms with Gasteiger partial charge in [-0.25, -0.2) is 0 Å². The first-order valence-corrected chi connectivity index (χ1v) is 7.09. The summed E-state index contributed by atoms with van der Waals surface area (Å²) >= 11 is -0.236. The van der Waals surface area contributed by atoms with E-state index in [1.165, 1.54) is 12.1 Å². The van der Waals surface area contributed by atoms with Crippen molar-refractivity contribution in [2.24, 2.45) is 0 Å². The number of hydrogen-bond acceptors (Lipinski definition) is 4. The zero-order valence-electron chi connectivity index (χ0n) is 11.6. The fourth-order valence-corrected chi connectivity index (χ4v) is 2.57. The summed E-state index contributed by atoms with van der Waals surface area (Å²) in [5.74, 6) is -0.568. The van der Waals surface area contributed by atoms with Crippen LogP contribution in [0.2, 0.25) is 0 Å². The van der Waals surface area contributed by atoms with Gasteiger partial charge in [0.1, 0.15) is 0 Å². The Morgan fingerprint density at radius 1 is 1.33 bits per heavy atom. The SMILES string of the molecule is CCOC(=O)Cc1cc(SC(F)(F)F)c(CC)cc1C#N. The lowest BCUT2D eigenvalue weighted by atomic mass is 10.0. The Balaban J connectivity index is 3.20. The van der Waals surface area contributed by atoms with E-state index in [1.54, 1.807) is 13.8 Å². The molecule has 0 unspecified atom stereocenters. The molecule has 0 saturated carbocycles. The Hall–Kier alpha value is -1.68. The summed E-state index contributed by atoms with van der Waals surface area (Å²) in [6, 6.07) is 4.57. The smallest absolute Gasteiger partial charge is 0.446 e. The van der Waals surface area contributed by atoms with Gasteiger partial charge in [0.15, 0.2) is 0 Å². The van der Waals surface area contributed by atoms with E-state index in [0.717, 1.165) is 0 Å². The lowest BCUT2D eigenvalue weighted by molar-refractivity contribution is -0.142. The molecule has 0 heterocycles. The fraction of sp³-hybridized carbons (Fsp3) is 0.429. The van der Waals surface area contributed by atoms with Gasteiger partial charge in [0.2, 0.25) is 0 Å². The molecule has 0 atom stereocenters. The van der Waals surface area contributed by atoms with Crippen molar-refractivity contribution in [2.45, 2.75) is 37.1 Å². The molecule has 0 radical (unpaired) electrons. The maximum Gasteiger partial charge on any atom is 0.446 e. The van der Waals surface area contributed by atoms with E-state index in [4.69, 9.17) is 10.00 Å². The molecule has 1 aromatic carbocycles. The minimum atomic E-state index is -4.42. The Morgan fingerprint density at radius 2 is 2.00 bits per heavy atom. The number of ether oxygens (including phenoxy) is 1. The van der Waals surface area contributed by atoms with E-state index in [9.17, 15) is 18.0 Å². The van der Waals surface area contributed by atoms with Gasteiger partial charge in [-0.05, 0) is 48.4 Å². The van der Waals surface area contributed by atoms with Crippen molar-refractivity contribution in [3.63, 3.8) is 0 Å². The maximum absolute atomic E-state index is 12.6. The average Bonchev–Trinajstić information content (AvgIpc) is 2.37. The van der Waals surface area contributed by atoms with Crippen molar-refractivity contribution in [1.29, 1.82) is 5.26 Å². The number of thioether (sulfide) groups is 1. The second-order valence-corrected chi connectivity index (χ2v) is 5.22. The third-order valence-corrected chi connectivity index (χ3v) is 3.48. The Labute approximate surface area is 125 Å². The number of aryl methyl sites for hydroxylation is 1. The van der Waals surface area contributed by atoms with Crippen LogP contribution in [0.3, 0.4) is 0 Å². The van der Waals surface area contributed by atoms with Crippen molar-refractivity contribution >= 4 is 17.7 Å². The van der Waals surface area contributed by atoms with E-state index in [-0.39, 0.29) is 40.8 Å². The van der Waals surface area contributed by atoms with Crippen molar-refractivity contribution in [3.8, 4) is 6.07 Å². The summed E-state index contributed by atoms with van der Waals surface area (Å²) in [5.41, 5.74) is -3.54. The number of alkyl halides is 3. The molecule has 0 fully saturated rings. The van der Waals surface area contributed by atoms with Crippen LogP contribution in [0.25, 0.3) is 0 Å². The standard InChI is InChI=1S/C14H14F3NO2S/c1-3-9-5-11(8-18)10(7-13(19)20-4-2)6-12(9)21-14(15,16)17/h5-6H,3-4,7H2,1-2H3. The van der Waals surface area contributed by atoms with Crippen LogP contribution in [0.15, 0.2) is 17.0 Å². The first-order valence-electron chi connectivity index (χ1n) is 6.28. The lowest BCUT2D eigenvalue weighted by Crippen LogP contribution is -2.10. The van der Waals surface area contributed by atoms with Crippen molar-refractivity contribution in [2.75, 3.05) is 6.61 Å². The molecule has 0 saturated heterocycles. The van der Waals surface area contributed by atoms with E-state index in [0.29, 0.717) is 12.0 Å². The molecule has 3 nitrogen and oxygen atoms in total. The van der Waals surface area contributed by atoms with Gasteiger partial charge in [0.05, 0.1) is 24.7 Å². The van der Waals surface area contributed by atoms with Crippen LogP contribution in [0.4, 0.5) is 13.2 Å². The number of carbonyl (C=O) groups is 1. The molecule has 1 rings (SSSR count). The largest absolute Gasteiger partial charge is 0.466 e. The van der Waals surface area contributed by atoms with Gasteiger partial charge >= 0.3 is 11.5 Å². The number of nitriles is 1. The van der Waals surface area contributed by atoms with E-state index in [1.807, 2.05) is 6.07 Å². The van der Waals surface area contributed by atoms with Crippen LogP contribution in [-0.4, -0.2) is 18.1 Å². The lowest BCUT2D eigenvalue weighted by Gasteiger charge is -2.13. The monoisotopic (exact) mass is 317 g/mol. The third kappa shape index (κ3) is 5.31. The predicted octanol–water partition coefficient (Wildman–Crippen LogP) is 3.84. The Kier molecular flexibility index (Phi) is 6.09. The van der Waals surface area contributed by atoms with Crippen molar-refractivity contribution < 1.29 is 22.7 Å². The molecule has 1 aromatic rings. The Bertz CT molecular complexity index is 565. The first-order chi connectivity index (χ1) is 9.80. The normalized spacial score (nSPS) is 11.0. The van der Waals surface area contributed by atoms with Crippen LogP contribution >= 0.6 is 11.8 Å². The molecular formula is C14H14F3NO2S. The van der Waals surface area contributed by atoms with Crippen LogP contribution in [0.1, 0.15) is 30.5 Å². The summed E-state index contributed by atoms with van der Waals surface area (Å²) < 4.78 is 42.4. The fourth-order valence-electron chi connectivity index (χ4n) is 1.78. The predicted molar refractivity (Wildman–Crippen MR) is 72.8 cm³/mol. The van der Waals surface area contributed by atoms with E-state index in [2.05, 4.69) is 0 Å². The van der Waals surface area contributed by atoms with Gasteiger partial charge in [-0.2, -0.15) is 18.4 Å². The first kappa shape index (κ1) is 17.4. The number of rotatable bonds is 5. The molecule has 7 heteroatoms. The molecule has 0 aliphatic carbocycles. The van der Waals surface area contributed by atoms with Crippen LogP contribution < -0.4 is 0 Å². The summed E-state index contributed by atoms with van der Waals surface area (Å²) in [4.78, 5) is 11.5. The molecule has 0 amide bonds. The molecule has 0 aromatic heterocycles. The van der Waals surface area contributed by atoms with Crippen LogP contribution in [0, 0.1) is 11.3 Å². The van der Waals surface area contributed by atoms with E-state index < -0.39 is 11.5 Å². The highest BCUT2D eigenvalue weighted by Gasteiger charge is 2.30. The number of carbonyl (C=O) groups excluding carboxylic acids is 1. The molecule has 0 spiro atoms. The van der Waals surface area contributed by atoms with Crippen LogP contribution in [0.5, 0.6) is 0 Å². The van der Waals surface area contributed by atoms with Gasteiger partial charge < -0.3 is 4.74 Å². The highest BCUT2D eigenvalue weighted by atomic mass is 32.2. The molecule has 0 aliphatic rings. The zero-order chi connectivity index (χ0) is 16.0. The number of hydrogen-bond donors (Lipinski definition) is 0. The number of esters is 1. The summed E-state index contributed by atoms with van der Waals surface area (Å²) in [6.45, 7) is 3.52. The zero-order valence-corrected chi connectivity index (χ0v) is 12.4. The van der Waals surface area contributed by atoms with E-state index >= 15 is 0 Å². The van der Waals surface area contributed by atoms with Gasteiger partial charge in [0.25, 0.3) is 0 Å². The molecule has 21 heavy (non-hydrogen) atoms. The van der Waals surface area contributed by atoms with Crippen molar-refractivity contribution in [3.05, 3.63) is 28.8 Å². The van der Waals surface area contributed by atoms with Gasteiger partial charge in [-0.1, -0.05) is 6.92 Å². The van der Waals surface area contributed by atoms with Crippen molar-refractivity contribution in [1.82, 2.24) is 0 Å². The summed E-state index contributed by atoms with van der Waals surface area (Å²) in [6.07, 6.45) is 0.152. The summed E-state index contributed by atoms with van der Waals surface area (Å²) in [5, 5.41) is 9.07. The minimum absolute atomic E-state index is 0.0169.